The third kappa shape index (κ3) is 3.03. The fourth-order valence-electron chi connectivity index (χ4n) is 9.79. The molecule has 0 radical (unpaired) electrons. The minimum absolute atomic E-state index is 0.0794. The molecule has 200 valence electrons. The Balaban J connectivity index is 1.84. The van der Waals surface area contributed by atoms with Gasteiger partial charge in [-0.25, -0.2) is 0 Å². The van der Waals surface area contributed by atoms with Gasteiger partial charge in [0.1, 0.15) is 11.9 Å². The lowest BCUT2D eigenvalue weighted by Gasteiger charge is -2.49. The van der Waals surface area contributed by atoms with Crippen LogP contribution in [0.1, 0.15) is 88.0 Å². The Kier molecular flexibility index (Phi) is 5.94. The number of Topliss-reactive ketones (excluding diaryl/α,β-unsaturated/α-hetero) is 3. The first-order valence-electron chi connectivity index (χ1n) is 14.1. The Morgan fingerprint density at radius 3 is 2.11 bits per heavy atom. The van der Waals surface area contributed by atoms with Crippen molar-refractivity contribution in [1.82, 2.24) is 0 Å². The van der Waals surface area contributed by atoms with Crippen LogP contribution in [-0.4, -0.2) is 29.4 Å². The molecule has 0 aliphatic heterocycles. The van der Waals surface area contributed by atoms with Crippen LogP contribution < -0.4 is 0 Å². The Hall–Kier alpha value is -2.30. The number of ether oxygens (including phenoxy) is 1. The topological polar surface area (TPSA) is 77.5 Å². The van der Waals surface area contributed by atoms with E-state index in [4.69, 9.17) is 4.74 Å². The van der Waals surface area contributed by atoms with E-state index in [1.807, 2.05) is 20.8 Å². The molecule has 8 atom stereocenters. The average Bonchev–Trinajstić information content (AvgIpc) is 3.18. The van der Waals surface area contributed by atoms with Crippen molar-refractivity contribution < 1.29 is 23.9 Å². The molecule has 1 unspecified atom stereocenters. The first-order chi connectivity index (χ1) is 17.2. The van der Waals surface area contributed by atoms with Crippen molar-refractivity contribution in [1.29, 1.82) is 0 Å². The monoisotopic (exact) mass is 506 g/mol. The minimum atomic E-state index is -0.716. The molecule has 37 heavy (non-hydrogen) atoms. The highest BCUT2D eigenvalue weighted by atomic mass is 16.5. The van der Waals surface area contributed by atoms with Gasteiger partial charge in [-0.15, -0.1) is 0 Å². The van der Waals surface area contributed by atoms with E-state index in [9.17, 15) is 19.2 Å². The maximum atomic E-state index is 14.5. The number of fused-ring (bicyclic) bond motifs is 1. The van der Waals surface area contributed by atoms with Crippen LogP contribution in [0.3, 0.4) is 0 Å². The van der Waals surface area contributed by atoms with Crippen molar-refractivity contribution in [2.45, 2.75) is 94.1 Å². The lowest BCUT2D eigenvalue weighted by molar-refractivity contribution is -0.155. The highest BCUT2D eigenvalue weighted by Crippen LogP contribution is 2.80. The van der Waals surface area contributed by atoms with Gasteiger partial charge in [0.25, 0.3) is 0 Å². The Labute approximate surface area is 221 Å². The molecule has 5 rings (SSSR count). The Morgan fingerprint density at radius 2 is 1.54 bits per heavy atom. The predicted molar refractivity (Wildman–Crippen MR) is 141 cm³/mol. The second-order valence-electron chi connectivity index (χ2n) is 13.2. The number of hydrogen-bond acceptors (Lipinski definition) is 5. The van der Waals surface area contributed by atoms with E-state index in [0.717, 1.165) is 22.3 Å². The molecule has 5 aliphatic rings. The second kappa shape index (κ2) is 8.35. The average molecular weight is 507 g/mol. The summed E-state index contributed by atoms with van der Waals surface area (Å²) in [6.07, 6.45) is 1.39. The predicted octanol–water partition coefficient (Wildman–Crippen LogP) is 5.97. The van der Waals surface area contributed by atoms with E-state index in [1.165, 1.54) is 18.1 Å². The molecule has 0 aromatic rings. The molecule has 2 bridgehead atoms. The van der Waals surface area contributed by atoms with Crippen LogP contribution in [0, 0.1) is 46.3 Å². The summed E-state index contributed by atoms with van der Waals surface area (Å²) in [4.78, 5) is 54.1. The molecule has 5 aliphatic carbocycles. The second-order valence-corrected chi connectivity index (χ2v) is 13.2. The van der Waals surface area contributed by atoms with E-state index in [1.54, 1.807) is 0 Å². The number of allylic oxidation sites excluding steroid dienone is 4. The molecule has 0 saturated heterocycles. The van der Waals surface area contributed by atoms with E-state index >= 15 is 0 Å². The standard InChI is InChI=1S/C32H42O5/c1-14(2)21-12-23-18(7)27-30(37-20(9)33)32(23,17(6)11-26(21)35)29-28(36)19(8)24-13-22(15(3)4)25(34)10-16(5)31(24,27)29/h14,16-17,21,27,29-30H,10-13H2,1-9H3/t16-,17+,21-,27?,29+,30-,31+,32+/m1/s1. The van der Waals surface area contributed by atoms with Crippen LogP contribution in [-0.2, 0) is 23.9 Å². The zero-order valence-corrected chi connectivity index (χ0v) is 23.9. The van der Waals surface area contributed by atoms with E-state index < -0.39 is 22.9 Å². The van der Waals surface area contributed by atoms with Crippen LogP contribution >= 0.6 is 0 Å². The van der Waals surface area contributed by atoms with Crippen LogP contribution in [0.4, 0.5) is 0 Å². The third-order valence-corrected chi connectivity index (χ3v) is 11.2. The van der Waals surface area contributed by atoms with Gasteiger partial charge in [-0.1, -0.05) is 50.0 Å². The fourth-order valence-corrected chi connectivity index (χ4v) is 9.79. The van der Waals surface area contributed by atoms with Crippen LogP contribution in [0.2, 0.25) is 0 Å². The van der Waals surface area contributed by atoms with E-state index in [0.29, 0.717) is 25.7 Å². The summed E-state index contributed by atoms with van der Waals surface area (Å²) in [7, 11) is 0. The number of hydrogen-bond donors (Lipinski definition) is 0. The SMILES string of the molecule is CC(=O)O[C@@H]1C2C(C)=C3C[C@H](C(C)C)C(=O)C[C@H](C)[C@@]31[C@H]1C(=O)C(C)=C3CC(=C(C)C)C(=O)C[C@@H](C)[C@]321. The van der Waals surface area contributed by atoms with Crippen LogP contribution in [0.15, 0.2) is 33.4 Å². The van der Waals surface area contributed by atoms with Crippen molar-refractivity contribution in [3.63, 3.8) is 0 Å². The molecular formula is C32H42O5. The fraction of sp³-hybridized carbons (Fsp3) is 0.688. The van der Waals surface area contributed by atoms with Gasteiger partial charge >= 0.3 is 5.97 Å². The van der Waals surface area contributed by atoms with Crippen molar-refractivity contribution in [2.75, 3.05) is 0 Å². The van der Waals surface area contributed by atoms with Gasteiger partial charge in [-0.05, 0) is 69.4 Å². The first-order valence-corrected chi connectivity index (χ1v) is 14.1. The molecule has 0 heterocycles. The summed E-state index contributed by atoms with van der Waals surface area (Å²) in [5.74, 6) is -0.491. The first kappa shape index (κ1) is 26.3. The number of rotatable bonds is 2. The minimum Gasteiger partial charge on any atom is -0.461 e. The highest BCUT2D eigenvalue weighted by molar-refractivity contribution is 6.06. The zero-order chi connectivity index (χ0) is 27.4. The molecule has 5 nitrogen and oxygen atoms in total. The van der Waals surface area contributed by atoms with Crippen molar-refractivity contribution in [3.05, 3.63) is 33.4 Å². The smallest absolute Gasteiger partial charge is 0.302 e. The normalized spacial score (nSPS) is 41.1. The maximum absolute atomic E-state index is 14.5. The van der Waals surface area contributed by atoms with E-state index in [2.05, 4.69) is 34.6 Å². The molecule has 3 fully saturated rings. The van der Waals surface area contributed by atoms with Gasteiger partial charge in [-0.3, -0.25) is 19.2 Å². The summed E-state index contributed by atoms with van der Waals surface area (Å²) in [5.41, 5.74) is 4.78. The Bertz CT molecular complexity index is 1220. The van der Waals surface area contributed by atoms with Gasteiger partial charge in [0.2, 0.25) is 0 Å². The molecule has 3 saturated carbocycles. The summed E-state index contributed by atoms with van der Waals surface area (Å²) in [5, 5.41) is 0. The van der Waals surface area contributed by atoms with Crippen molar-refractivity contribution >= 4 is 23.3 Å². The molecule has 5 heteroatoms. The van der Waals surface area contributed by atoms with Crippen molar-refractivity contribution in [2.24, 2.45) is 46.3 Å². The van der Waals surface area contributed by atoms with Gasteiger partial charge in [0, 0.05) is 48.3 Å². The summed E-state index contributed by atoms with van der Waals surface area (Å²) >= 11 is 0. The number of ketones is 3. The Morgan fingerprint density at radius 1 is 0.919 bits per heavy atom. The number of carbonyl (C=O) groups is 4. The quantitative estimate of drug-likeness (QED) is 0.262. The largest absolute Gasteiger partial charge is 0.461 e. The maximum Gasteiger partial charge on any atom is 0.302 e. The summed E-state index contributed by atoms with van der Waals surface area (Å²) < 4.78 is 6.28. The van der Waals surface area contributed by atoms with Gasteiger partial charge < -0.3 is 4.74 Å². The van der Waals surface area contributed by atoms with E-state index in [-0.39, 0.29) is 52.9 Å². The lowest BCUT2D eigenvalue weighted by Crippen LogP contribution is -2.49. The van der Waals surface area contributed by atoms with Gasteiger partial charge in [0.15, 0.2) is 11.6 Å². The molecule has 2 spiro atoms. The highest BCUT2D eigenvalue weighted by Gasteiger charge is 2.81. The lowest BCUT2D eigenvalue weighted by atomic mass is 9.51. The molecule has 0 aromatic heterocycles. The molecule has 0 aromatic carbocycles. The number of esters is 1. The molecular weight excluding hydrogens is 464 g/mol. The summed E-state index contributed by atoms with van der Waals surface area (Å²) in [6, 6.07) is 0. The third-order valence-electron chi connectivity index (χ3n) is 11.2. The van der Waals surface area contributed by atoms with Gasteiger partial charge in [-0.2, -0.15) is 0 Å². The van der Waals surface area contributed by atoms with Gasteiger partial charge in [0.05, 0.1) is 0 Å². The zero-order valence-electron chi connectivity index (χ0n) is 23.9. The van der Waals surface area contributed by atoms with Crippen LogP contribution in [0.25, 0.3) is 0 Å². The summed E-state index contributed by atoms with van der Waals surface area (Å²) in [6.45, 7) is 17.9. The van der Waals surface area contributed by atoms with Crippen LogP contribution in [0.5, 0.6) is 0 Å². The molecule has 0 N–H and O–H groups in total. The molecule has 0 amide bonds. The van der Waals surface area contributed by atoms with Crippen molar-refractivity contribution in [3.8, 4) is 0 Å². The number of carbonyl (C=O) groups excluding carboxylic acids is 4.